The molecule has 2 atom stereocenters. The van der Waals surface area contributed by atoms with Crippen molar-refractivity contribution in [2.45, 2.75) is 37.5 Å². The van der Waals surface area contributed by atoms with Crippen LogP contribution in [0.25, 0.3) is 0 Å². The summed E-state index contributed by atoms with van der Waals surface area (Å²) < 4.78 is 0. The van der Waals surface area contributed by atoms with E-state index in [1.54, 1.807) is 24.3 Å². The Morgan fingerprint density at radius 1 is 0.421 bits per heavy atom. The van der Waals surface area contributed by atoms with Crippen LogP contribution in [0.3, 0.4) is 0 Å². The van der Waals surface area contributed by atoms with E-state index in [4.69, 9.17) is 0 Å². The van der Waals surface area contributed by atoms with Gasteiger partial charge in [-0.25, -0.2) is 0 Å². The maximum atomic E-state index is 10.1. The molecule has 2 nitrogen and oxygen atoms in total. The second-order valence-electron chi connectivity index (χ2n) is 10.6. The van der Waals surface area contributed by atoms with Gasteiger partial charge in [-0.1, -0.05) is 123 Å². The third-order valence-corrected chi connectivity index (χ3v) is 7.93. The molecule has 0 aromatic heterocycles. The molecule has 0 spiro atoms. The van der Waals surface area contributed by atoms with Crippen molar-refractivity contribution < 1.29 is 10.2 Å². The van der Waals surface area contributed by atoms with Gasteiger partial charge in [0.2, 0.25) is 0 Å². The number of phenols is 2. The van der Waals surface area contributed by atoms with Crippen LogP contribution in [0.4, 0.5) is 0 Å². The lowest BCUT2D eigenvalue weighted by atomic mass is 9.63. The molecule has 2 unspecified atom stereocenters. The first-order valence-electron chi connectivity index (χ1n) is 13.2. The van der Waals surface area contributed by atoms with Crippen molar-refractivity contribution in [2.75, 3.05) is 0 Å². The van der Waals surface area contributed by atoms with E-state index >= 15 is 0 Å². The summed E-state index contributed by atoms with van der Waals surface area (Å²) in [5.41, 5.74) is 6.60. The first-order valence-corrected chi connectivity index (χ1v) is 13.2. The Balaban J connectivity index is 1.74. The van der Waals surface area contributed by atoms with E-state index < -0.39 is 0 Å². The number of hydrogen-bond donors (Lipinski definition) is 2. The first kappa shape index (κ1) is 25.4. The molecule has 5 rings (SSSR count). The van der Waals surface area contributed by atoms with Crippen molar-refractivity contribution >= 4 is 0 Å². The van der Waals surface area contributed by atoms with Gasteiger partial charge < -0.3 is 10.2 Å². The van der Waals surface area contributed by atoms with Gasteiger partial charge in [-0.15, -0.1) is 0 Å². The van der Waals surface area contributed by atoms with E-state index in [0.717, 1.165) is 24.0 Å². The average Bonchev–Trinajstić information content (AvgIpc) is 2.95. The van der Waals surface area contributed by atoms with Gasteiger partial charge in [0.25, 0.3) is 0 Å². The standard InChI is InChI=1S/C36H34O2/c1-35(25-27-11-5-3-6-12-27,29-17-21-31(37)22-18-29)33-15-9-10-16-34(33)36(2,26-28-13-7-4-8-14-28)30-19-23-32(38)24-20-30/h3-24,37-38H,25-26H2,1-2H3. The summed E-state index contributed by atoms with van der Waals surface area (Å²) >= 11 is 0. The molecule has 38 heavy (non-hydrogen) atoms. The lowest BCUT2D eigenvalue weighted by molar-refractivity contribution is 0.471. The second kappa shape index (κ2) is 10.6. The molecule has 0 bridgehead atoms. The van der Waals surface area contributed by atoms with Gasteiger partial charge in [0, 0.05) is 10.8 Å². The van der Waals surface area contributed by atoms with Gasteiger partial charge in [-0.2, -0.15) is 0 Å². The molecule has 0 aliphatic carbocycles. The van der Waals surface area contributed by atoms with E-state index in [2.05, 4.69) is 98.8 Å². The Morgan fingerprint density at radius 3 is 1.08 bits per heavy atom. The normalized spacial score (nSPS) is 14.4. The van der Waals surface area contributed by atoms with Gasteiger partial charge in [0.05, 0.1) is 0 Å². The van der Waals surface area contributed by atoms with Crippen LogP contribution in [0.15, 0.2) is 133 Å². The van der Waals surface area contributed by atoms with Gasteiger partial charge >= 0.3 is 0 Å². The largest absolute Gasteiger partial charge is 0.508 e. The van der Waals surface area contributed by atoms with Crippen LogP contribution < -0.4 is 0 Å². The van der Waals surface area contributed by atoms with Crippen molar-refractivity contribution in [3.63, 3.8) is 0 Å². The molecule has 0 aliphatic heterocycles. The zero-order chi connectivity index (χ0) is 26.6. The summed E-state index contributed by atoms with van der Waals surface area (Å²) in [5, 5.41) is 20.2. The first-order chi connectivity index (χ1) is 18.4. The Hall–Kier alpha value is -4.30. The number of hydrogen-bond acceptors (Lipinski definition) is 2. The van der Waals surface area contributed by atoms with Crippen LogP contribution in [-0.4, -0.2) is 10.2 Å². The lowest BCUT2D eigenvalue weighted by Crippen LogP contribution is -2.34. The van der Waals surface area contributed by atoms with Gasteiger partial charge in [0.1, 0.15) is 11.5 Å². The summed E-state index contributed by atoms with van der Waals surface area (Å²) in [6.07, 6.45) is 1.62. The predicted molar refractivity (Wildman–Crippen MR) is 156 cm³/mol. The average molecular weight is 499 g/mol. The third kappa shape index (κ3) is 5.08. The summed E-state index contributed by atoms with van der Waals surface area (Å²) in [6, 6.07) is 45.3. The highest BCUT2D eigenvalue weighted by molar-refractivity contribution is 5.53. The minimum atomic E-state index is -0.361. The van der Waals surface area contributed by atoms with Crippen LogP contribution in [0.2, 0.25) is 0 Å². The van der Waals surface area contributed by atoms with Crippen LogP contribution in [-0.2, 0) is 23.7 Å². The fraction of sp³-hybridized carbons (Fsp3) is 0.167. The van der Waals surface area contributed by atoms with E-state index in [0.29, 0.717) is 0 Å². The van der Waals surface area contributed by atoms with Crippen LogP contribution in [0.5, 0.6) is 11.5 Å². The monoisotopic (exact) mass is 498 g/mol. The van der Waals surface area contributed by atoms with Crippen molar-refractivity contribution in [1.29, 1.82) is 0 Å². The molecule has 0 heterocycles. The molecule has 0 saturated heterocycles. The molecular formula is C36H34O2. The van der Waals surface area contributed by atoms with Crippen molar-refractivity contribution in [2.24, 2.45) is 0 Å². The molecule has 5 aromatic rings. The Morgan fingerprint density at radius 2 is 0.737 bits per heavy atom. The Labute approximate surface area is 225 Å². The highest BCUT2D eigenvalue weighted by Gasteiger charge is 2.38. The zero-order valence-electron chi connectivity index (χ0n) is 22.0. The van der Waals surface area contributed by atoms with Crippen LogP contribution in [0, 0.1) is 0 Å². The van der Waals surface area contributed by atoms with Gasteiger partial charge in [-0.05, 0) is 70.5 Å². The molecule has 0 saturated carbocycles. The highest BCUT2D eigenvalue weighted by atomic mass is 16.3. The fourth-order valence-electron chi connectivity index (χ4n) is 5.82. The smallest absolute Gasteiger partial charge is 0.115 e. The van der Waals surface area contributed by atoms with E-state index in [1.165, 1.54) is 22.3 Å². The molecule has 0 amide bonds. The summed E-state index contributed by atoms with van der Waals surface area (Å²) in [5.74, 6) is 0.532. The zero-order valence-corrected chi connectivity index (χ0v) is 22.0. The minimum Gasteiger partial charge on any atom is -0.508 e. The van der Waals surface area contributed by atoms with Crippen LogP contribution in [0.1, 0.15) is 47.2 Å². The lowest BCUT2D eigenvalue weighted by Gasteiger charge is -2.40. The predicted octanol–water partition coefficient (Wildman–Crippen LogP) is 8.20. The molecule has 0 fully saturated rings. The Kier molecular flexibility index (Phi) is 7.07. The number of aromatic hydroxyl groups is 2. The second-order valence-corrected chi connectivity index (χ2v) is 10.6. The van der Waals surface area contributed by atoms with E-state index in [9.17, 15) is 10.2 Å². The SMILES string of the molecule is CC(Cc1ccccc1)(c1ccc(O)cc1)c1ccccc1C(C)(Cc1ccccc1)c1ccc(O)cc1. The van der Waals surface area contributed by atoms with Crippen molar-refractivity contribution in [1.82, 2.24) is 0 Å². The molecule has 190 valence electrons. The van der Waals surface area contributed by atoms with Crippen LogP contribution >= 0.6 is 0 Å². The molecule has 0 radical (unpaired) electrons. The number of rotatable bonds is 8. The molecule has 2 heteroatoms. The number of benzene rings is 5. The fourth-order valence-corrected chi connectivity index (χ4v) is 5.82. The third-order valence-electron chi connectivity index (χ3n) is 7.93. The van der Waals surface area contributed by atoms with Gasteiger partial charge in [-0.3, -0.25) is 0 Å². The van der Waals surface area contributed by atoms with Crippen molar-refractivity contribution in [3.05, 3.63) is 167 Å². The minimum absolute atomic E-state index is 0.266. The van der Waals surface area contributed by atoms with Crippen molar-refractivity contribution in [3.8, 4) is 11.5 Å². The van der Waals surface area contributed by atoms with E-state index in [-0.39, 0.29) is 22.3 Å². The maximum absolute atomic E-state index is 10.1. The van der Waals surface area contributed by atoms with E-state index in [1.807, 2.05) is 24.3 Å². The topological polar surface area (TPSA) is 40.5 Å². The molecule has 0 aliphatic rings. The summed E-state index contributed by atoms with van der Waals surface area (Å²) in [6.45, 7) is 4.62. The summed E-state index contributed by atoms with van der Waals surface area (Å²) in [7, 11) is 0. The molecular weight excluding hydrogens is 464 g/mol. The highest BCUT2D eigenvalue weighted by Crippen LogP contribution is 2.45. The maximum Gasteiger partial charge on any atom is 0.115 e. The molecule has 5 aromatic carbocycles. The molecule has 2 N–H and O–H groups in total. The number of phenolic OH excluding ortho intramolecular Hbond substituents is 2. The Bertz CT molecular complexity index is 1360. The van der Waals surface area contributed by atoms with Gasteiger partial charge in [0.15, 0.2) is 0 Å². The summed E-state index contributed by atoms with van der Waals surface area (Å²) in [4.78, 5) is 0. The quantitative estimate of drug-likeness (QED) is 0.226.